The normalized spacial score (nSPS) is 23.7. The fourth-order valence-electron chi connectivity index (χ4n) is 3.99. The molecule has 0 radical (unpaired) electrons. The van der Waals surface area contributed by atoms with Crippen molar-refractivity contribution in [1.29, 1.82) is 0 Å². The summed E-state index contributed by atoms with van der Waals surface area (Å²) in [6.45, 7) is 14.3. The Bertz CT molecular complexity index is 588. The molecule has 0 bridgehead atoms. The summed E-state index contributed by atoms with van der Waals surface area (Å²) in [7, 11) is 3.46. The maximum Gasteiger partial charge on any atom is 0.243 e. The maximum absolute atomic E-state index is 12.7. The number of rotatable bonds is 6. The Hall–Kier alpha value is -2.09. The van der Waals surface area contributed by atoms with E-state index in [9.17, 15) is 9.59 Å². The average Bonchev–Trinajstić information content (AvgIpc) is 2.67. The van der Waals surface area contributed by atoms with E-state index in [-0.39, 0.29) is 18.4 Å². The second kappa shape index (κ2) is 11.2. The van der Waals surface area contributed by atoms with Crippen molar-refractivity contribution in [3.8, 4) is 0 Å². The van der Waals surface area contributed by atoms with Crippen molar-refractivity contribution in [3.05, 3.63) is 12.7 Å². The molecule has 2 aliphatic rings. The zero-order valence-corrected chi connectivity index (χ0v) is 18.6. The molecule has 29 heavy (non-hydrogen) atoms. The van der Waals surface area contributed by atoms with Crippen LogP contribution in [0.5, 0.6) is 0 Å². The molecule has 8 nitrogen and oxygen atoms in total. The van der Waals surface area contributed by atoms with Crippen LogP contribution >= 0.6 is 0 Å². The van der Waals surface area contributed by atoms with Crippen LogP contribution in [-0.2, 0) is 9.59 Å². The van der Waals surface area contributed by atoms with Gasteiger partial charge in [0.05, 0.1) is 6.54 Å². The number of carbonyl (C=O) groups is 2. The molecule has 0 aromatic heterocycles. The number of nitrogens with one attached hydrogen (secondary N) is 1. The van der Waals surface area contributed by atoms with Gasteiger partial charge in [0.1, 0.15) is 6.54 Å². The predicted molar refractivity (Wildman–Crippen MR) is 117 cm³/mol. The first-order chi connectivity index (χ1) is 13.8. The van der Waals surface area contributed by atoms with Gasteiger partial charge in [0.25, 0.3) is 0 Å². The molecular weight excluding hydrogens is 368 g/mol. The molecular formula is C21H38N6O2. The van der Waals surface area contributed by atoms with Gasteiger partial charge < -0.3 is 20.0 Å². The van der Waals surface area contributed by atoms with Gasteiger partial charge in [0.15, 0.2) is 5.96 Å². The van der Waals surface area contributed by atoms with E-state index >= 15 is 0 Å². The molecule has 2 saturated heterocycles. The minimum atomic E-state index is -0.0304. The summed E-state index contributed by atoms with van der Waals surface area (Å²) >= 11 is 0. The SMILES string of the molecule is C=CCNC(=NCC(=O)N(C)C)N1CCN(CC(=O)N2CC(C)CC(C)C2)CC1. The van der Waals surface area contributed by atoms with Crippen LogP contribution in [0.3, 0.4) is 0 Å². The van der Waals surface area contributed by atoms with Crippen molar-refractivity contribution >= 4 is 17.8 Å². The van der Waals surface area contributed by atoms with Crippen LogP contribution in [-0.4, -0.2) is 110 Å². The quantitative estimate of drug-likeness (QED) is 0.391. The number of amides is 2. The van der Waals surface area contributed by atoms with Crippen LogP contribution in [0.1, 0.15) is 20.3 Å². The highest BCUT2D eigenvalue weighted by Gasteiger charge is 2.28. The van der Waals surface area contributed by atoms with E-state index in [4.69, 9.17) is 0 Å². The molecule has 2 heterocycles. The van der Waals surface area contributed by atoms with Crippen LogP contribution < -0.4 is 5.32 Å². The first-order valence-electron chi connectivity index (χ1n) is 10.6. The van der Waals surface area contributed by atoms with Gasteiger partial charge in [0.2, 0.25) is 11.8 Å². The molecule has 0 aromatic rings. The zero-order valence-electron chi connectivity index (χ0n) is 18.6. The summed E-state index contributed by atoms with van der Waals surface area (Å²) in [6.07, 6.45) is 2.98. The number of nitrogens with zero attached hydrogens (tertiary/aromatic N) is 5. The minimum absolute atomic E-state index is 0.0304. The molecule has 2 aliphatic heterocycles. The Kier molecular flexibility index (Phi) is 8.95. The highest BCUT2D eigenvalue weighted by molar-refractivity contribution is 5.85. The molecule has 2 unspecified atom stereocenters. The van der Waals surface area contributed by atoms with Gasteiger partial charge in [-0.3, -0.25) is 14.5 Å². The van der Waals surface area contributed by atoms with Gasteiger partial charge in [-0.2, -0.15) is 0 Å². The fraction of sp³-hybridized carbons (Fsp3) is 0.762. The second-order valence-electron chi connectivity index (χ2n) is 8.61. The fourth-order valence-corrected chi connectivity index (χ4v) is 3.99. The number of piperazine rings is 1. The van der Waals surface area contributed by atoms with Crippen molar-refractivity contribution < 1.29 is 9.59 Å². The van der Waals surface area contributed by atoms with Crippen LogP contribution in [0.2, 0.25) is 0 Å². The zero-order chi connectivity index (χ0) is 21.4. The van der Waals surface area contributed by atoms with Gasteiger partial charge in [0, 0.05) is 59.9 Å². The standard InChI is InChI=1S/C21H38N6O2/c1-6-7-22-21(23-13-19(28)24(4)5)26-10-8-25(9-11-26)16-20(29)27-14-17(2)12-18(3)15-27/h6,17-18H,1,7-16H2,2-5H3,(H,22,23). The lowest BCUT2D eigenvalue weighted by molar-refractivity contribution is -0.135. The van der Waals surface area contributed by atoms with Crippen molar-refractivity contribution in [2.24, 2.45) is 16.8 Å². The monoisotopic (exact) mass is 406 g/mol. The number of likely N-dealkylation sites (tertiary alicyclic amines) is 1. The molecule has 2 rings (SSSR count). The lowest BCUT2D eigenvalue weighted by Gasteiger charge is -2.39. The van der Waals surface area contributed by atoms with Crippen LogP contribution in [0.4, 0.5) is 0 Å². The van der Waals surface area contributed by atoms with Crippen LogP contribution in [0.15, 0.2) is 17.6 Å². The van der Waals surface area contributed by atoms with E-state index in [0.29, 0.717) is 24.9 Å². The molecule has 0 saturated carbocycles. The van der Waals surface area contributed by atoms with Crippen molar-refractivity contribution in [3.63, 3.8) is 0 Å². The highest BCUT2D eigenvalue weighted by atomic mass is 16.2. The van der Waals surface area contributed by atoms with Gasteiger partial charge in [-0.1, -0.05) is 19.9 Å². The molecule has 2 amide bonds. The molecule has 8 heteroatoms. The van der Waals surface area contributed by atoms with Crippen molar-refractivity contribution in [2.75, 3.05) is 73.0 Å². The third-order valence-electron chi connectivity index (χ3n) is 5.52. The summed E-state index contributed by atoms with van der Waals surface area (Å²) < 4.78 is 0. The summed E-state index contributed by atoms with van der Waals surface area (Å²) in [6, 6.07) is 0. The minimum Gasteiger partial charge on any atom is -0.353 e. The summed E-state index contributed by atoms with van der Waals surface area (Å²) in [5, 5.41) is 3.24. The summed E-state index contributed by atoms with van der Waals surface area (Å²) in [5.74, 6) is 2.10. The number of piperidine rings is 1. The first-order valence-corrected chi connectivity index (χ1v) is 10.6. The summed E-state index contributed by atoms with van der Waals surface area (Å²) in [5.41, 5.74) is 0. The molecule has 2 fully saturated rings. The molecule has 0 aliphatic carbocycles. The maximum atomic E-state index is 12.7. The number of hydrogen-bond donors (Lipinski definition) is 1. The Balaban J connectivity index is 1.86. The summed E-state index contributed by atoms with van der Waals surface area (Å²) in [4.78, 5) is 37.0. The highest BCUT2D eigenvalue weighted by Crippen LogP contribution is 2.21. The lowest BCUT2D eigenvalue weighted by Crippen LogP contribution is -2.55. The topological polar surface area (TPSA) is 71.5 Å². The second-order valence-corrected chi connectivity index (χ2v) is 8.61. The third kappa shape index (κ3) is 7.34. The van der Waals surface area contributed by atoms with E-state index in [1.165, 1.54) is 6.42 Å². The average molecular weight is 407 g/mol. The van der Waals surface area contributed by atoms with Crippen LogP contribution in [0.25, 0.3) is 0 Å². The van der Waals surface area contributed by atoms with Crippen molar-refractivity contribution in [1.82, 2.24) is 24.9 Å². The van der Waals surface area contributed by atoms with E-state index < -0.39 is 0 Å². The van der Waals surface area contributed by atoms with E-state index in [0.717, 1.165) is 45.2 Å². The molecule has 0 spiro atoms. The van der Waals surface area contributed by atoms with Gasteiger partial charge in [-0.25, -0.2) is 4.99 Å². The van der Waals surface area contributed by atoms with E-state index in [1.54, 1.807) is 25.1 Å². The number of aliphatic imine (C=N–C) groups is 1. The van der Waals surface area contributed by atoms with Gasteiger partial charge >= 0.3 is 0 Å². The Morgan fingerprint density at radius 1 is 1.10 bits per heavy atom. The number of likely N-dealkylation sites (N-methyl/N-ethyl adjacent to an activating group) is 1. The van der Waals surface area contributed by atoms with Crippen molar-refractivity contribution in [2.45, 2.75) is 20.3 Å². The Morgan fingerprint density at radius 3 is 2.28 bits per heavy atom. The predicted octanol–water partition coefficient (Wildman–Crippen LogP) is 0.328. The number of hydrogen-bond acceptors (Lipinski definition) is 4. The molecule has 1 N–H and O–H groups in total. The van der Waals surface area contributed by atoms with Crippen LogP contribution in [0, 0.1) is 11.8 Å². The number of guanidine groups is 1. The smallest absolute Gasteiger partial charge is 0.243 e. The third-order valence-corrected chi connectivity index (χ3v) is 5.52. The van der Waals surface area contributed by atoms with Gasteiger partial charge in [-0.05, 0) is 18.3 Å². The molecule has 0 aromatic carbocycles. The largest absolute Gasteiger partial charge is 0.353 e. The lowest BCUT2D eigenvalue weighted by atomic mass is 9.92. The molecule has 164 valence electrons. The van der Waals surface area contributed by atoms with Gasteiger partial charge in [-0.15, -0.1) is 6.58 Å². The Morgan fingerprint density at radius 2 is 1.72 bits per heavy atom. The van der Waals surface area contributed by atoms with E-state index in [1.807, 2.05) is 4.90 Å². The van der Waals surface area contributed by atoms with E-state index in [2.05, 4.69) is 40.5 Å². The molecule has 2 atom stereocenters. The Labute approximate surface area is 175 Å². The first kappa shape index (κ1) is 23.2. The number of carbonyl (C=O) groups excluding carboxylic acids is 2.